The van der Waals surface area contributed by atoms with Crippen LogP contribution >= 0.6 is 0 Å². The van der Waals surface area contributed by atoms with Gasteiger partial charge in [0.15, 0.2) is 0 Å². The first-order valence-electron chi connectivity index (χ1n) is 6.55. The van der Waals surface area contributed by atoms with Crippen molar-refractivity contribution in [2.75, 3.05) is 18.8 Å². The molecule has 1 saturated heterocycles. The molecule has 0 unspecified atom stereocenters. The van der Waals surface area contributed by atoms with Crippen LogP contribution in [0.5, 0.6) is 0 Å². The summed E-state index contributed by atoms with van der Waals surface area (Å²) in [5.74, 6) is -1.42. The van der Waals surface area contributed by atoms with Crippen LogP contribution < -0.4 is 5.73 Å². The SMILES string of the molecule is Nc1cccc(CC(=O)N2CCC(C(F)(F)F)CC2)c1. The third kappa shape index (κ3) is 3.65. The predicted octanol–water partition coefficient (Wildman–Crippen LogP) is 2.61. The topological polar surface area (TPSA) is 46.3 Å². The number of rotatable bonds is 2. The molecule has 0 bridgehead atoms. The number of halogens is 3. The molecule has 1 aliphatic rings. The molecule has 6 heteroatoms. The van der Waals surface area contributed by atoms with Gasteiger partial charge in [0.1, 0.15) is 0 Å². The molecule has 1 fully saturated rings. The van der Waals surface area contributed by atoms with E-state index in [9.17, 15) is 18.0 Å². The maximum absolute atomic E-state index is 12.5. The summed E-state index contributed by atoms with van der Waals surface area (Å²) in [7, 11) is 0. The Bertz CT molecular complexity index is 480. The van der Waals surface area contributed by atoms with E-state index in [4.69, 9.17) is 5.73 Å². The molecular formula is C14H17F3N2O. The second-order valence-corrected chi connectivity index (χ2v) is 5.12. The van der Waals surface area contributed by atoms with Crippen molar-refractivity contribution in [2.45, 2.75) is 25.4 Å². The minimum Gasteiger partial charge on any atom is -0.399 e. The number of benzene rings is 1. The number of carbonyl (C=O) groups is 1. The molecule has 20 heavy (non-hydrogen) atoms. The molecule has 0 spiro atoms. The summed E-state index contributed by atoms with van der Waals surface area (Å²) >= 11 is 0. The lowest BCUT2D eigenvalue weighted by Crippen LogP contribution is -2.42. The van der Waals surface area contributed by atoms with Gasteiger partial charge in [0, 0.05) is 18.8 Å². The van der Waals surface area contributed by atoms with Crippen LogP contribution in [0.25, 0.3) is 0 Å². The fraction of sp³-hybridized carbons (Fsp3) is 0.500. The van der Waals surface area contributed by atoms with E-state index in [2.05, 4.69) is 0 Å². The van der Waals surface area contributed by atoms with Crippen molar-refractivity contribution in [2.24, 2.45) is 5.92 Å². The molecule has 1 aromatic rings. The van der Waals surface area contributed by atoms with Crippen molar-refractivity contribution in [3.63, 3.8) is 0 Å². The molecule has 0 radical (unpaired) electrons. The molecular weight excluding hydrogens is 269 g/mol. The Kier molecular flexibility index (Phi) is 4.20. The van der Waals surface area contributed by atoms with Crippen molar-refractivity contribution in [3.8, 4) is 0 Å². The zero-order valence-electron chi connectivity index (χ0n) is 11.0. The quantitative estimate of drug-likeness (QED) is 0.849. The van der Waals surface area contributed by atoms with E-state index in [1.165, 1.54) is 4.90 Å². The number of hydrogen-bond acceptors (Lipinski definition) is 2. The van der Waals surface area contributed by atoms with Gasteiger partial charge in [0.2, 0.25) is 5.91 Å². The molecule has 110 valence electrons. The van der Waals surface area contributed by atoms with E-state index in [-0.39, 0.29) is 38.3 Å². The highest BCUT2D eigenvalue weighted by atomic mass is 19.4. The van der Waals surface area contributed by atoms with Crippen molar-refractivity contribution in [1.82, 2.24) is 4.90 Å². The van der Waals surface area contributed by atoms with Gasteiger partial charge in [0.05, 0.1) is 12.3 Å². The van der Waals surface area contributed by atoms with E-state index in [0.717, 1.165) is 5.56 Å². The van der Waals surface area contributed by atoms with Gasteiger partial charge >= 0.3 is 6.18 Å². The molecule has 0 saturated carbocycles. The molecule has 0 atom stereocenters. The smallest absolute Gasteiger partial charge is 0.391 e. The maximum atomic E-state index is 12.5. The first-order valence-corrected chi connectivity index (χ1v) is 6.55. The zero-order chi connectivity index (χ0) is 14.8. The molecule has 3 nitrogen and oxygen atoms in total. The highest BCUT2D eigenvalue weighted by molar-refractivity contribution is 5.79. The van der Waals surface area contributed by atoms with Crippen molar-refractivity contribution in [3.05, 3.63) is 29.8 Å². The molecule has 2 rings (SSSR count). The van der Waals surface area contributed by atoms with Crippen molar-refractivity contribution >= 4 is 11.6 Å². The Morgan fingerprint density at radius 1 is 1.30 bits per heavy atom. The molecule has 1 aliphatic heterocycles. The Morgan fingerprint density at radius 3 is 2.50 bits per heavy atom. The summed E-state index contributed by atoms with van der Waals surface area (Å²) in [5, 5.41) is 0. The number of amides is 1. The minimum absolute atomic E-state index is 0.00777. The Labute approximate surface area is 115 Å². The lowest BCUT2D eigenvalue weighted by molar-refractivity contribution is -0.186. The first-order chi connectivity index (χ1) is 9.36. The monoisotopic (exact) mass is 286 g/mol. The molecule has 1 heterocycles. The summed E-state index contributed by atoms with van der Waals surface area (Å²) in [4.78, 5) is 13.5. The minimum atomic E-state index is -4.15. The molecule has 0 aliphatic carbocycles. The number of hydrogen-bond donors (Lipinski definition) is 1. The summed E-state index contributed by atoms with van der Waals surface area (Å²) in [5.41, 5.74) is 6.99. The number of likely N-dealkylation sites (tertiary alicyclic amines) is 1. The lowest BCUT2D eigenvalue weighted by atomic mass is 9.96. The van der Waals surface area contributed by atoms with Crippen molar-refractivity contribution < 1.29 is 18.0 Å². The van der Waals surface area contributed by atoms with Crippen LogP contribution in [0.15, 0.2) is 24.3 Å². The number of nitrogens with two attached hydrogens (primary N) is 1. The summed E-state index contributed by atoms with van der Waals surface area (Å²) in [6, 6.07) is 6.98. The fourth-order valence-electron chi connectivity index (χ4n) is 2.45. The largest absolute Gasteiger partial charge is 0.399 e. The van der Waals surface area contributed by atoms with Crippen LogP contribution in [-0.2, 0) is 11.2 Å². The molecule has 2 N–H and O–H groups in total. The first kappa shape index (κ1) is 14.7. The van der Waals surface area contributed by atoms with Crippen LogP contribution in [0.1, 0.15) is 18.4 Å². The van der Waals surface area contributed by atoms with Gasteiger partial charge in [-0.05, 0) is 30.5 Å². The van der Waals surface area contributed by atoms with Crippen molar-refractivity contribution in [1.29, 1.82) is 0 Å². The van der Waals surface area contributed by atoms with Gasteiger partial charge in [-0.15, -0.1) is 0 Å². The maximum Gasteiger partial charge on any atom is 0.391 e. The Balaban J connectivity index is 1.89. The average Bonchev–Trinajstić information content (AvgIpc) is 2.38. The van der Waals surface area contributed by atoms with Crippen LogP contribution in [0.2, 0.25) is 0 Å². The van der Waals surface area contributed by atoms with Gasteiger partial charge in [-0.1, -0.05) is 12.1 Å². The summed E-state index contributed by atoms with van der Waals surface area (Å²) < 4.78 is 37.6. The van der Waals surface area contributed by atoms with Crippen LogP contribution in [0, 0.1) is 5.92 Å². The standard InChI is InChI=1S/C14H17F3N2O/c15-14(16,17)11-4-6-19(7-5-11)13(20)9-10-2-1-3-12(18)8-10/h1-3,8,11H,4-7,9,18H2. The fourth-order valence-corrected chi connectivity index (χ4v) is 2.45. The van der Waals surface area contributed by atoms with E-state index in [1.807, 2.05) is 0 Å². The third-order valence-electron chi connectivity index (χ3n) is 3.62. The lowest BCUT2D eigenvalue weighted by Gasteiger charge is -2.33. The number of alkyl halides is 3. The predicted molar refractivity (Wildman–Crippen MR) is 69.9 cm³/mol. The van der Waals surface area contributed by atoms with Gasteiger partial charge in [-0.2, -0.15) is 13.2 Å². The summed E-state index contributed by atoms with van der Waals surface area (Å²) in [6.45, 7) is 0.344. The number of nitrogens with zero attached hydrogens (tertiary/aromatic N) is 1. The van der Waals surface area contributed by atoms with Crippen LogP contribution in [0.4, 0.5) is 18.9 Å². The van der Waals surface area contributed by atoms with Gasteiger partial charge in [0.25, 0.3) is 0 Å². The van der Waals surface area contributed by atoms with E-state index >= 15 is 0 Å². The number of carbonyl (C=O) groups excluding carboxylic acids is 1. The van der Waals surface area contributed by atoms with Gasteiger partial charge in [-0.3, -0.25) is 4.79 Å². The average molecular weight is 286 g/mol. The third-order valence-corrected chi connectivity index (χ3v) is 3.62. The molecule has 0 aromatic heterocycles. The van der Waals surface area contributed by atoms with Gasteiger partial charge < -0.3 is 10.6 Å². The number of anilines is 1. The van der Waals surface area contributed by atoms with Crippen LogP contribution in [0.3, 0.4) is 0 Å². The van der Waals surface area contributed by atoms with E-state index < -0.39 is 12.1 Å². The Hall–Kier alpha value is -1.72. The number of nitrogen functional groups attached to an aromatic ring is 1. The highest BCUT2D eigenvalue weighted by Gasteiger charge is 2.41. The highest BCUT2D eigenvalue weighted by Crippen LogP contribution is 2.34. The number of piperidine rings is 1. The van der Waals surface area contributed by atoms with Gasteiger partial charge in [-0.25, -0.2) is 0 Å². The van der Waals surface area contributed by atoms with E-state index in [0.29, 0.717) is 5.69 Å². The normalized spacial score (nSPS) is 17.2. The second kappa shape index (κ2) is 5.73. The Morgan fingerprint density at radius 2 is 1.95 bits per heavy atom. The second-order valence-electron chi connectivity index (χ2n) is 5.12. The zero-order valence-corrected chi connectivity index (χ0v) is 11.0. The van der Waals surface area contributed by atoms with Crippen LogP contribution in [-0.4, -0.2) is 30.1 Å². The summed E-state index contributed by atoms with van der Waals surface area (Å²) in [6.07, 6.45) is -3.98. The van der Waals surface area contributed by atoms with E-state index in [1.54, 1.807) is 24.3 Å². The molecule has 1 aromatic carbocycles. The molecule has 1 amide bonds.